The Morgan fingerprint density at radius 1 is 1.11 bits per heavy atom. The fourth-order valence-electron chi connectivity index (χ4n) is 4.35. The molecule has 1 aliphatic heterocycles. The van der Waals surface area contributed by atoms with Crippen LogP contribution in [0.15, 0.2) is 54.7 Å². The van der Waals surface area contributed by atoms with Gasteiger partial charge in [0.15, 0.2) is 6.10 Å². The third kappa shape index (κ3) is 4.20. The number of nitrogens with one attached hydrogen (secondary N) is 1. The lowest BCUT2D eigenvalue weighted by molar-refractivity contribution is -0.148. The van der Waals surface area contributed by atoms with E-state index in [1.807, 2.05) is 36.4 Å². The van der Waals surface area contributed by atoms with Crippen molar-refractivity contribution < 1.29 is 9.53 Å². The molecule has 1 saturated carbocycles. The first-order valence-electron chi connectivity index (χ1n) is 9.93. The van der Waals surface area contributed by atoms with Gasteiger partial charge in [-0.3, -0.25) is 14.7 Å². The molecule has 142 valence electrons. The van der Waals surface area contributed by atoms with E-state index < -0.39 is 6.10 Å². The quantitative estimate of drug-likeness (QED) is 0.885. The van der Waals surface area contributed by atoms with Gasteiger partial charge in [-0.1, -0.05) is 49.2 Å². The molecule has 0 bridgehead atoms. The Morgan fingerprint density at radius 3 is 2.63 bits per heavy atom. The summed E-state index contributed by atoms with van der Waals surface area (Å²) in [4.78, 5) is 19.8. The lowest BCUT2D eigenvalue weighted by atomic mass is 9.95. The summed E-state index contributed by atoms with van der Waals surface area (Å²) >= 11 is 0. The fourth-order valence-corrected chi connectivity index (χ4v) is 4.35. The third-order valence-corrected chi connectivity index (χ3v) is 5.65. The van der Waals surface area contributed by atoms with Crippen LogP contribution in [-0.4, -0.2) is 41.1 Å². The van der Waals surface area contributed by atoms with E-state index in [1.165, 1.54) is 25.7 Å². The number of aromatic nitrogens is 1. The summed E-state index contributed by atoms with van der Waals surface area (Å²) in [6.07, 6.45) is 6.23. The van der Waals surface area contributed by atoms with Gasteiger partial charge < -0.3 is 10.1 Å². The molecule has 1 saturated heterocycles. The van der Waals surface area contributed by atoms with E-state index >= 15 is 0 Å². The Labute approximate surface area is 160 Å². The molecule has 1 aromatic heterocycles. The number of carbonyl (C=O) groups excluding carboxylic acids is 1. The monoisotopic (exact) mass is 365 g/mol. The first-order chi connectivity index (χ1) is 13.3. The molecule has 0 spiro atoms. The Kier molecular flexibility index (Phi) is 5.80. The van der Waals surface area contributed by atoms with E-state index in [1.54, 1.807) is 6.20 Å². The molecule has 2 fully saturated rings. The summed E-state index contributed by atoms with van der Waals surface area (Å²) < 4.78 is 6.01. The van der Waals surface area contributed by atoms with Crippen LogP contribution in [0.25, 0.3) is 0 Å². The predicted molar refractivity (Wildman–Crippen MR) is 104 cm³/mol. The van der Waals surface area contributed by atoms with Crippen molar-refractivity contribution in [3.05, 3.63) is 66.0 Å². The molecule has 2 aromatic rings. The summed E-state index contributed by atoms with van der Waals surface area (Å²) in [5.41, 5.74) is 2.01. The van der Waals surface area contributed by atoms with Gasteiger partial charge in [0, 0.05) is 18.8 Å². The van der Waals surface area contributed by atoms with Crippen LogP contribution in [0.1, 0.15) is 43.0 Å². The molecule has 1 aliphatic carbocycles. The van der Waals surface area contributed by atoms with Gasteiger partial charge in [-0.15, -0.1) is 0 Å². The van der Waals surface area contributed by atoms with Gasteiger partial charge >= 0.3 is 0 Å². The standard InChI is InChI=1S/C22H27N3O2/c26-22(24-16-18-10-6-7-13-23-18)21-20(17-8-2-1-3-9-17)25(14-15-27-21)19-11-4-5-12-19/h1-3,6-10,13,19-21H,4-5,11-12,14-16H2,(H,24,26)/t20-,21+/m0/s1. The normalized spacial score (nSPS) is 24.0. The average Bonchev–Trinajstić information content (AvgIpc) is 3.27. The number of pyridine rings is 1. The van der Waals surface area contributed by atoms with Gasteiger partial charge in [0.05, 0.1) is 24.9 Å². The molecule has 5 nitrogen and oxygen atoms in total. The molecule has 1 aromatic carbocycles. The maximum atomic E-state index is 13.0. The highest BCUT2D eigenvalue weighted by Crippen LogP contribution is 2.36. The van der Waals surface area contributed by atoms with Crippen molar-refractivity contribution in [3.8, 4) is 0 Å². The minimum Gasteiger partial charge on any atom is -0.365 e. The zero-order chi connectivity index (χ0) is 18.5. The van der Waals surface area contributed by atoms with Crippen LogP contribution in [0.4, 0.5) is 0 Å². The maximum Gasteiger partial charge on any atom is 0.251 e. The van der Waals surface area contributed by atoms with Crippen molar-refractivity contribution in [2.75, 3.05) is 13.2 Å². The predicted octanol–water partition coefficient (Wildman–Crippen LogP) is 3.08. The minimum absolute atomic E-state index is 0.0354. The topological polar surface area (TPSA) is 54.5 Å². The number of benzene rings is 1. The van der Waals surface area contributed by atoms with E-state index in [4.69, 9.17) is 4.74 Å². The maximum absolute atomic E-state index is 13.0. The van der Waals surface area contributed by atoms with Crippen LogP contribution in [0.3, 0.4) is 0 Å². The molecule has 0 unspecified atom stereocenters. The van der Waals surface area contributed by atoms with E-state index in [0.29, 0.717) is 19.2 Å². The van der Waals surface area contributed by atoms with E-state index in [0.717, 1.165) is 17.8 Å². The van der Waals surface area contributed by atoms with E-state index in [9.17, 15) is 4.79 Å². The van der Waals surface area contributed by atoms with Crippen molar-refractivity contribution in [2.45, 2.75) is 50.4 Å². The molecule has 0 radical (unpaired) electrons. The summed E-state index contributed by atoms with van der Waals surface area (Å²) in [5, 5.41) is 3.03. The summed E-state index contributed by atoms with van der Waals surface area (Å²) in [6.45, 7) is 1.90. The molecular formula is C22H27N3O2. The SMILES string of the molecule is O=C(NCc1ccccn1)[C@@H]1OCCN(C2CCCC2)[C@H]1c1ccccc1. The van der Waals surface area contributed by atoms with E-state index in [2.05, 4.69) is 27.3 Å². The van der Waals surface area contributed by atoms with Crippen molar-refractivity contribution in [3.63, 3.8) is 0 Å². The van der Waals surface area contributed by atoms with Crippen molar-refractivity contribution in [1.82, 2.24) is 15.2 Å². The van der Waals surface area contributed by atoms with Crippen LogP contribution in [0, 0.1) is 0 Å². The second kappa shape index (κ2) is 8.63. The first-order valence-corrected chi connectivity index (χ1v) is 9.93. The van der Waals surface area contributed by atoms with Gasteiger partial charge in [0.25, 0.3) is 5.91 Å². The summed E-state index contributed by atoms with van der Waals surface area (Å²) in [7, 11) is 0. The lowest BCUT2D eigenvalue weighted by Gasteiger charge is -2.44. The van der Waals surface area contributed by atoms with Gasteiger partial charge in [-0.2, -0.15) is 0 Å². The van der Waals surface area contributed by atoms with Gasteiger partial charge in [-0.25, -0.2) is 0 Å². The Balaban J connectivity index is 1.54. The van der Waals surface area contributed by atoms with Crippen LogP contribution < -0.4 is 5.32 Å². The average molecular weight is 365 g/mol. The number of hydrogen-bond donors (Lipinski definition) is 1. The van der Waals surface area contributed by atoms with Gasteiger partial charge in [0.1, 0.15) is 0 Å². The largest absolute Gasteiger partial charge is 0.365 e. The van der Waals surface area contributed by atoms with Crippen LogP contribution >= 0.6 is 0 Å². The third-order valence-electron chi connectivity index (χ3n) is 5.65. The molecule has 2 aliphatic rings. The van der Waals surface area contributed by atoms with Crippen LogP contribution in [0.2, 0.25) is 0 Å². The molecule has 4 rings (SSSR count). The van der Waals surface area contributed by atoms with Gasteiger partial charge in [-0.05, 0) is 30.5 Å². The molecule has 1 N–H and O–H groups in total. The molecule has 2 atom stereocenters. The molecule has 5 heteroatoms. The highest BCUT2D eigenvalue weighted by Gasteiger charge is 2.41. The number of ether oxygens (including phenoxy) is 1. The van der Waals surface area contributed by atoms with E-state index in [-0.39, 0.29) is 11.9 Å². The Bertz CT molecular complexity index is 732. The van der Waals surface area contributed by atoms with Crippen LogP contribution in [0.5, 0.6) is 0 Å². The highest BCUT2D eigenvalue weighted by molar-refractivity contribution is 5.82. The Morgan fingerprint density at radius 2 is 1.89 bits per heavy atom. The molecule has 2 heterocycles. The number of amides is 1. The number of hydrogen-bond acceptors (Lipinski definition) is 4. The number of carbonyl (C=O) groups is 1. The lowest BCUT2D eigenvalue weighted by Crippen LogP contribution is -2.54. The van der Waals surface area contributed by atoms with Gasteiger partial charge in [0.2, 0.25) is 0 Å². The number of nitrogens with zero attached hydrogens (tertiary/aromatic N) is 2. The van der Waals surface area contributed by atoms with Crippen molar-refractivity contribution >= 4 is 5.91 Å². The Hall–Kier alpha value is -2.24. The van der Waals surface area contributed by atoms with Crippen molar-refractivity contribution in [1.29, 1.82) is 0 Å². The van der Waals surface area contributed by atoms with Crippen molar-refractivity contribution in [2.24, 2.45) is 0 Å². The van der Waals surface area contributed by atoms with Crippen LogP contribution in [-0.2, 0) is 16.1 Å². The summed E-state index contributed by atoms with van der Waals surface area (Å²) in [5.74, 6) is -0.0581. The zero-order valence-corrected chi connectivity index (χ0v) is 15.6. The molecule has 27 heavy (non-hydrogen) atoms. The second-order valence-electron chi connectivity index (χ2n) is 7.36. The summed E-state index contributed by atoms with van der Waals surface area (Å²) in [6, 6.07) is 16.6. The molecular weight excluding hydrogens is 338 g/mol. The second-order valence-corrected chi connectivity index (χ2v) is 7.36. The zero-order valence-electron chi connectivity index (χ0n) is 15.6. The smallest absolute Gasteiger partial charge is 0.251 e. The first kappa shape index (κ1) is 18.1. The highest BCUT2D eigenvalue weighted by atomic mass is 16.5. The number of rotatable bonds is 5. The number of morpholine rings is 1. The minimum atomic E-state index is -0.495. The fraction of sp³-hybridized carbons (Fsp3) is 0.455. The molecule has 1 amide bonds.